The van der Waals surface area contributed by atoms with Gasteiger partial charge in [-0.2, -0.15) is 0 Å². The van der Waals surface area contributed by atoms with Crippen molar-refractivity contribution in [3.8, 4) is 0 Å². The molecule has 0 aliphatic heterocycles. The molecule has 0 aromatic heterocycles. The van der Waals surface area contributed by atoms with Crippen LogP contribution >= 0.6 is 0 Å². The Morgan fingerprint density at radius 3 is 1.19 bits per heavy atom. The summed E-state index contributed by atoms with van der Waals surface area (Å²) in [5, 5.41) is 0. The van der Waals surface area contributed by atoms with Crippen LogP contribution in [0.2, 0.25) is 0 Å². The van der Waals surface area contributed by atoms with Crippen molar-refractivity contribution in [2.75, 3.05) is 13.2 Å². The molecule has 1 unspecified atom stereocenters. The fourth-order valence-electron chi connectivity index (χ4n) is 5.81. The zero-order valence-corrected chi connectivity index (χ0v) is 36.6. The average Bonchev–Trinajstić information content (AvgIpc) is 3.21. The fraction of sp³-hybridized carbons (Fsp3) is 0.627. The molecule has 1 atom stereocenters. The molecule has 6 nitrogen and oxygen atoms in total. The van der Waals surface area contributed by atoms with Gasteiger partial charge in [0, 0.05) is 19.3 Å². The summed E-state index contributed by atoms with van der Waals surface area (Å²) in [6.07, 6.45) is 58.2. The number of esters is 3. The van der Waals surface area contributed by atoms with E-state index in [0.717, 1.165) is 96.3 Å². The first-order chi connectivity index (χ1) is 28.0. The zero-order valence-electron chi connectivity index (χ0n) is 36.6. The van der Waals surface area contributed by atoms with Crippen molar-refractivity contribution >= 4 is 17.9 Å². The normalized spacial score (nSPS) is 13.0. The van der Waals surface area contributed by atoms with Crippen LogP contribution in [0.1, 0.15) is 188 Å². The van der Waals surface area contributed by atoms with Gasteiger partial charge in [0.05, 0.1) is 0 Å². The molecule has 0 rings (SSSR count). The van der Waals surface area contributed by atoms with Gasteiger partial charge in [0.15, 0.2) is 6.10 Å². The van der Waals surface area contributed by atoms with Gasteiger partial charge < -0.3 is 14.2 Å². The molecule has 322 valence electrons. The van der Waals surface area contributed by atoms with Crippen LogP contribution in [0, 0.1) is 0 Å². The highest BCUT2D eigenvalue weighted by Gasteiger charge is 2.19. The van der Waals surface area contributed by atoms with E-state index in [0.29, 0.717) is 25.7 Å². The molecule has 57 heavy (non-hydrogen) atoms. The largest absolute Gasteiger partial charge is 0.462 e. The monoisotopic (exact) mass is 791 g/mol. The van der Waals surface area contributed by atoms with E-state index in [1.807, 2.05) is 24.3 Å². The number of hydrogen-bond donors (Lipinski definition) is 0. The van der Waals surface area contributed by atoms with Crippen LogP contribution in [-0.4, -0.2) is 37.2 Å². The molecule has 0 aromatic rings. The van der Waals surface area contributed by atoms with E-state index in [2.05, 4.69) is 93.7 Å². The van der Waals surface area contributed by atoms with Gasteiger partial charge in [-0.15, -0.1) is 0 Å². The van der Waals surface area contributed by atoms with Crippen molar-refractivity contribution in [2.45, 2.75) is 194 Å². The first-order valence-electron chi connectivity index (χ1n) is 22.8. The highest BCUT2D eigenvalue weighted by atomic mass is 16.6. The molecule has 6 heteroatoms. The van der Waals surface area contributed by atoms with Crippen molar-refractivity contribution in [3.63, 3.8) is 0 Å². The van der Waals surface area contributed by atoms with Gasteiger partial charge in [-0.25, -0.2) is 0 Å². The standard InChI is InChI=1S/C51H82O6/c1-4-7-10-13-16-19-21-23-25-27-29-32-35-38-41-44-50(53)56-47-48(46-55-49(52)43-40-37-34-31-18-15-12-9-6-3)57-51(54)45-42-39-36-33-30-28-26-24-22-20-17-14-11-8-5-2/h7-8,10-11,13-14,16-17,19-23,25,31,34,48H,4-6,9,12,15,18,24,26-30,32-33,35-47H2,1-3H3/b10-7-,11-8-,16-13-,17-14-,21-19-,22-20-,25-23-,34-31-. The summed E-state index contributed by atoms with van der Waals surface area (Å²) < 4.78 is 16.6. The zero-order chi connectivity index (χ0) is 41.5. The molecule has 0 fully saturated rings. The van der Waals surface area contributed by atoms with E-state index in [1.54, 1.807) is 0 Å². The molecule has 0 radical (unpaired) electrons. The van der Waals surface area contributed by atoms with Crippen LogP contribution in [-0.2, 0) is 28.6 Å². The van der Waals surface area contributed by atoms with E-state index in [-0.39, 0.29) is 31.1 Å². The van der Waals surface area contributed by atoms with E-state index >= 15 is 0 Å². The molecule has 0 bridgehead atoms. The van der Waals surface area contributed by atoms with Crippen molar-refractivity contribution < 1.29 is 28.6 Å². The number of unbranched alkanes of at least 4 members (excludes halogenated alkanes) is 17. The highest BCUT2D eigenvalue weighted by Crippen LogP contribution is 2.13. The lowest BCUT2D eigenvalue weighted by atomic mass is 10.1. The SMILES string of the molecule is CC\C=C/C=C\C=C/C=C\CCCCCCCC(=O)OCC(COC(=O)CCC/C=C\CCCCCC)OC(=O)CCCCCCCCC\C=C/C=C\C=C/CC. The summed E-state index contributed by atoms with van der Waals surface area (Å²) >= 11 is 0. The average molecular weight is 791 g/mol. The molecule has 0 saturated heterocycles. The van der Waals surface area contributed by atoms with Crippen LogP contribution in [0.4, 0.5) is 0 Å². The topological polar surface area (TPSA) is 78.9 Å². The van der Waals surface area contributed by atoms with E-state index in [9.17, 15) is 14.4 Å². The number of rotatable bonds is 39. The van der Waals surface area contributed by atoms with E-state index in [1.165, 1.54) is 44.9 Å². The van der Waals surface area contributed by atoms with Gasteiger partial charge in [-0.1, -0.05) is 189 Å². The van der Waals surface area contributed by atoms with E-state index in [4.69, 9.17) is 14.2 Å². The number of allylic oxidation sites excluding steroid dienone is 16. The lowest BCUT2D eigenvalue weighted by molar-refractivity contribution is -0.167. The minimum Gasteiger partial charge on any atom is -0.462 e. The Balaban J connectivity index is 4.46. The number of carbonyl (C=O) groups excluding carboxylic acids is 3. The summed E-state index contributed by atoms with van der Waals surface area (Å²) in [6, 6.07) is 0. The Morgan fingerprint density at radius 2 is 0.719 bits per heavy atom. The summed E-state index contributed by atoms with van der Waals surface area (Å²) in [7, 11) is 0. The van der Waals surface area contributed by atoms with Gasteiger partial charge >= 0.3 is 17.9 Å². The maximum atomic E-state index is 12.7. The molecule has 0 heterocycles. The van der Waals surface area contributed by atoms with E-state index < -0.39 is 6.10 Å². The summed E-state index contributed by atoms with van der Waals surface area (Å²) in [5.74, 6) is -0.985. The minimum atomic E-state index is -0.803. The van der Waals surface area contributed by atoms with Gasteiger partial charge in [0.25, 0.3) is 0 Å². The van der Waals surface area contributed by atoms with Gasteiger partial charge in [0.1, 0.15) is 13.2 Å². The Labute approximate surface area is 349 Å². The van der Waals surface area contributed by atoms with Gasteiger partial charge in [-0.3, -0.25) is 14.4 Å². The Hall–Kier alpha value is -3.67. The van der Waals surface area contributed by atoms with Gasteiger partial charge in [0.2, 0.25) is 0 Å². The molecule has 0 amide bonds. The molecule has 0 spiro atoms. The van der Waals surface area contributed by atoms with Crippen LogP contribution in [0.3, 0.4) is 0 Å². The van der Waals surface area contributed by atoms with Crippen molar-refractivity contribution in [2.24, 2.45) is 0 Å². The second kappa shape index (κ2) is 45.0. The fourth-order valence-corrected chi connectivity index (χ4v) is 5.81. The third-order valence-corrected chi connectivity index (χ3v) is 9.21. The molecule has 0 saturated carbocycles. The summed E-state index contributed by atoms with van der Waals surface area (Å²) in [5.41, 5.74) is 0. The molecular weight excluding hydrogens is 709 g/mol. The Morgan fingerprint density at radius 1 is 0.368 bits per heavy atom. The lowest BCUT2D eigenvalue weighted by Gasteiger charge is -2.18. The first kappa shape index (κ1) is 53.3. The maximum absolute atomic E-state index is 12.7. The third-order valence-electron chi connectivity index (χ3n) is 9.21. The number of ether oxygens (including phenoxy) is 3. The second-order valence-electron chi connectivity index (χ2n) is 14.7. The highest BCUT2D eigenvalue weighted by molar-refractivity contribution is 5.71. The van der Waals surface area contributed by atoms with Crippen molar-refractivity contribution in [1.82, 2.24) is 0 Å². The quantitative estimate of drug-likeness (QED) is 0.0203. The number of carbonyl (C=O) groups is 3. The summed E-state index contributed by atoms with van der Waals surface area (Å²) in [6.45, 7) is 6.25. The third kappa shape index (κ3) is 43.3. The minimum absolute atomic E-state index is 0.105. The molecular formula is C51H82O6. The maximum Gasteiger partial charge on any atom is 0.306 e. The molecule has 0 aromatic carbocycles. The summed E-state index contributed by atoms with van der Waals surface area (Å²) in [4.78, 5) is 37.7. The van der Waals surface area contributed by atoms with Crippen molar-refractivity contribution in [1.29, 1.82) is 0 Å². The molecule has 0 aliphatic rings. The first-order valence-corrected chi connectivity index (χ1v) is 22.8. The smallest absolute Gasteiger partial charge is 0.306 e. The molecule has 0 aliphatic carbocycles. The van der Waals surface area contributed by atoms with Crippen LogP contribution in [0.25, 0.3) is 0 Å². The van der Waals surface area contributed by atoms with Crippen LogP contribution in [0.15, 0.2) is 97.2 Å². The molecule has 0 N–H and O–H groups in total. The predicted molar refractivity (Wildman–Crippen MR) is 242 cm³/mol. The van der Waals surface area contributed by atoms with Crippen LogP contribution < -0.4 is 0 Å². The van der Waals surface area contributed by atoms with Crippen LogP contribution in [0.5, 0.6) is 0 Å². The lowest BCUT2D eigenvalue weighted by Crippen LogP contribution is -2.30. The second-order valence-corrected chi connectivity index (χ2v) is 14.7. The Bertz CT molecular complexity index is 1180. The predicted octanol–water partition coefficient (Wildman–Crippen LogP) is 14.6. The Kier molecular flexibility index (Phi) is 42.1. The number of hydrogen-bond acceptors (Lipinski definition) is 6. The van der Waals surface area contributed by atoms with Crippen molar-refractivity contribution in [3.05, 3.63) is 97.2 Å². The van der Waals surface area contributed by atoms with Gasteiger partial charge in [-0.05, 0) is 77.0 Å².